The Morgan fingerprint density at radius 2 is 1.86 bits per heavy atom. The number of hydrogen-bond acceptors (Lipinski definition) is 9. The Morgan fingerprint density at radius 1 is 1.11 bits per heavy atom. The number of fused-ring (bicyclic) bond motifs is 1. The zero-order chi connectivity index (χ0) is 26.6. The van der Waals surface area contributed by atoms with Gasteiger partial charge in [0, 0.05) is 17.4 Å². The number of azide groups is 1. The van der Waals surface area contributed by atoms with Gasteiger partial charge in [-0.2, -0.15) is 0 Å². The van der Waals surface area contributed by atoms with Gasteiger partial charge in [-0.15, -0.1) is 0 Å². The van der Waals surface area contributed by atoms with Crippen molar-refractivity contribution in [3.8, 4) is 16.9 Å². The van der Waals surface area contributed by atoms with E-state index in [2.05, 4.69) is 10.0 Å². The predicted molar refractivity (Wildman–Crippen MR) is 130 cm³/mol. The molecule has 11 heteroatoms. The number of rotatable bonds is 8. The highest BCUT2D eigenvalue weighted by molar-refractivity contribution is 5.75. The summed E-state index contributed by atoms with van der Waals surface area (Å²) in [7, 11) is 1.35. The number of hydrogen-bond donors (Lipinski definition) is 0. The molecule has 0 bridgehead atoms. The molecule has 2 fully saturated rings. The minimum absolute atomic E-state index is 0.0987. The molecule has 2 aromatic carbocycles. The van der Waals surface area contributed by atoms with Crippen LogP contribution in [-0.2, 0) is 39.7 Å². The Kier molecular flexibility index (Phi) is 7.99. The van der Waals surface area contributed by atoms with Crippen molar-refractivity contribution in [2.45, 2.75) is 63.7 Å². The molecule has 0 N–H and O–H groups in total. The maximum absolute atomic E-state index is 11.8. The van der Waals surface area contributed by atoms with Crippen LogP contribution in [0.15, 0.2) is 53.6 Å². The summed E-state index contributed by atoms with van der Waals surface area (Å²) in [5, 5.41) is 3.63. The van der Waals surface area contributed by atoms with Gasteiger partial charge in [0.2, 0.25) is 6.29 Å². The monoisotopic (exact) mass is 511 g/mol. The zero-order valence-electron chi connectivity index (χ0n) is 21.0. The number of ether oxygens (including phenoxy) is 6. The minimum Gasteiger partial charge on any atom is -0.469 e. The smallest absolute Gasteiger partial charge is 0.309 e. The van der Waals surface area contributed by atoms with Gasteiger partial charge in [-0.3, -0.25) is 9.59 Å². The summed E-state index contributed by atoms with van der Waals surface area (Å²) >= 11 is 0. The summed E-state index contributed by atoms with van der Waals surface area (Å²) in [5.41, 5.74) is 11.3. The lowest BCUT2D eigenvalue weighted by atomic mass is 9.98. The molecular formula is C26H29N3O8. The quantitative estimate of drug-likeness (QED) is 0.225. The van der Waals surface area contributed by atoms with E-state index in [0.717, 1.165) is 16.7 Å². The van der Waals surface area contributed by atoms with Crippen LogP contribution in [0, 0.1) is 0 Å². The average Bonchev–Trinajstić information content (AvgIpc) is 3.20. The number of methoxy groups -OCH3 is 1. The van der Waals surface area contributed by atoms with Gasteiger partial charge in [0.1, 0.15) is 18.0 Å². The van der Waals surface area contributed by atoms with E-state index >= 15 is 0 Å². The lowest BCUT2D eigenvalue weighted by Gasteiger charge is -2.41. The predicted octanol–water partition coefficient (Wildman–Crippen LogP) is 3.93. The van der Waals surface area contributed by atoms with Crippen LogP contribution in [0.25, 0.3) is 21.6 Å². The highest BCUT2D eigenvalue weighted by atomic mass is 16.8. The van der Waals surface area contributed by atoms with Crippen molar-refractivity contribution in [2.24, 2.45) is 5.11 Å². The van der Waals surface area contributed by atoms with Crippen molar-refractivity contribution in [3.05, 3.63) is 64.5 Å². The highest BCUT2D eigenvalue weighted by Gasteiger charge is 2.57. The van der Waals surface area contributed by atoms with Gasteiger partial charge >= 0.3 is 11.9 Å². The number of para-hydroxylation sites is 1. The van der Waals surface area contributed by atoms with Gasteiger partial charge in [-0.1, -0.05) is 47.6 Å². The summed E-state index contributed by atoms with van der Waals surface area (Å²) in [6.07, 6.45) is -3.95. The third kappa shape index (κ3) is 6.20. The molecule has 5 atom stereocenters. The van der Waals surface area contributed by atoms with E-state index in [0.29, 0.717) is 5.75 Å². The summed E-state index contributed by atoms with van der Waals surface area (Å²) in [6.45, 7) is 4.68. The number of benzene rings is 2. The maximum Gasteiger partial charge on any atom is 0.309 e. The van der Waals surface area contributed by atoms with Crippen molar-refractivity contribution in [3.63, 3.8) is 0 Å². The van der Waals surface area contributed by atoms with E-state index in [4.69, 9.17) is 34.0 Å². The van der Waals surface area contributed by atoms with Crippen LogP contribution in [0.5, 0.6) is 5.75 Å². The second kappa shape index (κ2) is 11.2. The lowest BCUT2D eigenvalue weighted by Crippen LogP contribution is -2.59. The normalized spacial score (nSPS) is 25.9. The molecule has 0 unspecified atom stereocenters. The number of carbonyl (C=O) groups is 2. The molecule has 0 aromatic heterocycles. The molecule has 2 aromatic rings. The molecule has 2 aliphatic rings. The third-order valence-corrected chi connectivity index (χ3v) is 6.00. The molecule has 4 rings (SSSR count). The fraction of sp³-hybridized carbons (Fsp3) is 0.462. The number of esters is 2. The van der Waals surface area contributed by atoms with Crippen molar-refractivity contribution >= 4 is 11.9 Å². The number of nitrogens with zero attached hydrogens (tertiary/aromatic N) is 3. The third-order valence-electron chi connectivity index (χ3n) is 6.00. The SMILES string of the molecule is COC(=O)Cc1cccc(-c2ccccc2O[C@H]2O[C@H](CN=[N+]=[N-])[C@@H](OC(C)=O)[C@@H]3OC(C)(C)O[C@H]23)c1. The van der Waals surface area contributed by atoms with Crippen molar-refractivity contribution in [2.75, 3.05) is 13.7 Å². The second-order valence-electron chi connectivity index (χ2n) is 9.16. The summed E-state index contributed by atoms with van der Waals surface area (Å²) in [6, 6.07) is 14.9. The maximum atomic E-state index is 11.8. The van der Waals surface area contributed by atoms with Crippen LogP contribution in [-0.4, -0.2) is 62.1 Å². The Bertz CT molecular complexity index is 1200. The molecule has 11 nitrogen and oxygen atoms in total. The van der Waals surface area contributed by atoms with E-state index in [-0.39, 0.29) is 18.9 Å². The largest absolute Gasteiger partial charge is 0.469 e. The Hall–Kier alpha value is -3.63. The first kappa shape index (κ1) is 26.4. The van der Waals surface area contributed by atoms with E-state index in [9.17, 15) is 9.59 Å². The first-order valence-electron chi connectivity index (χ1n) is 11.8. The molecule has 196 valence electrons. The first-order chi connectivity index (χ1) is 17.7. The summed E-state index contributed by atoms with van der Waals surface area (Å²) in [5.74, 6) is -1.35. The Balaban J connectivity index is 1.65. The molecule has 0 spiro atoms. The zero-order valence-corrected chi connectivity index (χ0v) is 21.0. The van der Waals surface area contributed by atoms with Crippen LogP contribution in [0.4, 0.5) is 0 Å². The average molecular weight is 512 g/mol. The summed E-state index contributed by atoms with van der Waals surface area (Å²) in [4.78, 5) is 26.4. The van der Waals surface area contributed by atoms with E-state index < -0.39 is 42.5 Å². The van der Waals surface area contributed by atoms with Crippen molar-refractivity contribution in [1.29, 1.82) is 0 Å². The van der Waals surface area contributed by atoms with Gasteiger partial charge in [0.25, 0.3) is 0 Å². The molecule has 2 aliphatic heterocycles. The van der Waals surface area contributed by atoms with Crippen LogP contribution in [0.3, 0.4) is 0 Å². The van der Waals surface area contributed by atoms with Crippen LogP contribution in [0.2, 0.25) is 0 Å². The van der Waals surface area contributed by atoms with Gasteiger partial charge in [-0.05, 0) is 36.6 Å². The van der Waals surface area contributed by atoms with Crippen LogP contribution in [0.1, 0.15) is 26.3 Å². The standard InChI is InChI=1S/C26H29N3O8/c1-15(30)33-22-20(14-28-29-27)35-25(24-23(22)36-26(2,3)37-24)34-19-11-6-5-10-18(19)17-9-7-8-16(12-17)13-21(31)32-4/h5-12,20,22-25H,13-14H2,1-4H3/t20-,22-,23+,24+,25+/m1/s1. The Morgan fingerprint density at radius 3 is 2.59 bits per heavy atom. The lowest BCUT2D eigenvalue weighted by molar-refractivity contribution is -0.249. The topological polar surface area (TPSA) is 138 Å². The molecule has 0 radical (unpaired) electrons. The molecule has 2 saturated heterocycles. The second-order valence-corrected chi connectivity index (χ2v) is 9.16. The van der Waals surface area contributed by atoms with Gasteiger partial charge in [0.15, 0.2) is 18.0 Å². The van der Waals surface area contributed by atoms with Gasteiger partial charge in [-0.25, -0.2) is 0 Å². The molecular weight excluding hydrogens is 482 g/mol. The van der Waals surface area contributed by atoms with E-state index in [1.807, 2.05) is 42.5 Å². The first-order valence-corrected chi connectivity index (χ1v) is 11.8. The Labute approximate surface area is 214 Å². The van der Waals surface area contributed by atoms with Gasteiger partial charge in [0.05, 0.1) is 20.1 Å². The molecule has 0 saturated carbocycles. The van der Waals surface area contributed by atoms with Crippen molar-refractivity contribution < 1.29 is 38.0 Å². The van der Waals surface area contributed by atoms with E-state index in [1.54, 1.807) is 19.9 Å². The van der Waals surface area contributed by atoms with Crippen LogP contribution >= 0.6 is 0 Å². The highest BCUT2D eigenvalue weighted by Crippen LogP contribution is 2.41. The fourth-order valence-electron chi connectivity index (χ4n) is 4.53. The number of carbonyl (C=O) groups excluding carboxylic acids is 2. The molecule has 2 heterocycles. The minimum atomic E-state index is -0.992. The molecule has 0 aliphatic carbocycles. The molecule has 37 heavy (non-hydrogen) atoms. The summed E-state index contributed by atoms with van der Waals surface area (Å²) < 4.78 is 35.0. The van der Waals surface area contributed by atoms with Gasteiger partial charge < -0.3 is 28.4 Å². The fourth-order valence-corrected chi connectivity index (χ4v) is 4.53. The molecule has 0 amide bonds. The van der Waals surface area contributed by atoms with Crippen molar-refractivity contribution in [1.82, 2.24) is 0 Å². The van der Waals surface area contributed by atoms with E-state index in [1.165, 1.54) is 14.0 Å². The van der Waals surface area contributed by atoms with Crippen LogP contribution < -0.4 is 4.74 Å².